The molecule has 2 aromatic rings. The molecule has 0 spiro atoms. The zero-order chi connectivity index (χ0) is 18.4. The van der Waals surface area contributed by atoms with Crippen LogP contribution in [-0.4, -0.2) is 57.1 Å². The van der Waals surface area contributed by atoms with Gasteiger partial charge in [-0.15, -0.1) is 0 Å². The van der Waals surface area contributed by atoms with Gasteiger partial charge in [-0.25, -0.2) is 9.97 Å². The monoisotopic (exact) mass is 355 g/mol. The van der Waals surface area contributed by atoms with Crippen LogP contribution in [0.1, 0.15) is 40.7 Å². The highest BCUT2D eigenvalue weighted by atomic mass is 16.3. The van der Waals surface area contributed by atoms with E-state index < -0.39 is 0 Å². The first-order valence-electron chi connectivity index (χ1n) is 9.14. The number of nitrogens with one attached hydrogen (secondary N) is 1. The van der Waals surface area contributed by atoms with Gasteiger partial charge in [-0.1, -0.05) is 13.3 Å². The topological polar surface area (TPSA) is 91.2 Å². The molecule has 2 N–H and O–H groups in total. The first kappa shape index (κ1) is 18.3. The van der Waals surface area contributed by atoms with Gasteiger partial charge in [0.2, 0.25) is 0 Å². The van der Waals surface area contributed by atoms with E-state index in [2.05, 4.69) is 27.2 Å². The summed E-state index contributed by atoms with van der Waals surface area (Å²) >= 11 is 0. The Morgan fingerprint density at radius 3 is 2.92 bits per heavy atom. The average Bonchev–Trinajstić information content (AvgIpc) is 2.89. The number of hydrogen-bond acceptors (Lipinski definition) is 6. The summed E-state index contributed by atoms with van der Waals surface area (Å²) in [7, 11) is 0. The Morgan fingerprint density at radius 1 is 1.27 bits per heavy atom. The van der Waals surface area contributed by atoms with E-state index >= 15 is 0 Å². The van der Waals surface area contributed by atoms with Gasteiger partial charge in [-0.2, -0.15) is 0 Å². The summed E-state index contributed by atoms with van der Waals surface area (Å²) < 4.78 is 0. The van der Waals surface area contributed by atoms with E-state index in [4.69, 9.17) is 5.11 Å². The fourth-order valence-electron chi connectivity index (χ4n) is 3.24. The van der Waals surface area contributed by atoms with Crippen LogP contribution in [0.4, 0.5) is 5.82 Å². The number of carbonyl (C=O) groups is 1. The van der Waals surface area contributed by atoms with E-state index in [1.807, 2.05) is 11.0 Å². The van der Waals surface area contributed by atoms with Gasteiger partial charge in [-0.3, -0.25) is 9.78 Å². The maximum absolute atomic E-state index is 12.9. The number of aryl methyl sites for hydroxylation is 1. The van der Waals surface area contributed by atoms with E-state index in [0.717, 1.165) is 35.6 Å². The normalized spacial score (nSPS) is 13.8. The van der Waals surface area contributed by atoms with Crippen molar-refractivity contribution >= 4 is 11.7 Å². The molecule has 3 heterocycles. The van der Waals surface area contributed by atoms with Gasteiger partial charge < -0.3 is 15.3 Å². The molecule has 1 aliphatic rings. The molecule has 0 saturated heterocycles. The van der Waals surface area contributed by atoms with E-state index in [0.29, 0.717) is 38.0 Å². The molecule has 138 valence electrons. The van der Waals surface area contributed by atoms with Crippen molar-refractivity contribution in [3.05, 3.63) is 47.2 Å². The second-order valence-corrected chi connectivity index (χ2v) is 6.38. The quantitative estimate of drug-likeness (QED) is 0.815. The van der Waals surface area contributed by atoms with Crippen molar-refractivity contribution in [3.63, 3.8) is 0 Å². The number of aliphatic hydroxyl groups is 1. The summed E-state index contributed by atoms with van der Waals surface area (Å²) in [6, 6.07) is 3.69. The van der Waals surface area contributed by atoms with Crippen LogP contribution in [0.3, 0.4) is 0 Å². The molecule has 0 aliphatic carbocycles. The van der Waals surface area contributed by atoms with Gasteiger partial charge in [0.25, 0.3) is 5.91 Å². The van der Waals surface area contributed by atoms with Crippen molar-refractivity contribution in [2.45, 2.75) is 32.6 Å². The largest absolute Gasteiger partial charge is 0.395 e. The van der Waals surface area contributed by atoms with Crippen LogP contribution >= 0.6 is 0 Å². The van der Waals surface area contributed by atoms with Crippen LogP contribution in [0.25, 0.3) is 0 Å². The summed E-state index contributed by atoms with van der Waals surface area (Å²) in [4.78, 5) is 27.8. The molecule has 2 aromatic heterocycles. The van der Waals surface area contributed by atoms with Gasteiger partial charge in [0.1, 0.15) is 12.1 Å². The minimum absolute atomic E-state index is 0.0374. The number of amides is 1. The van der Waals surface area contributed by atoms with Crippen molar-refractivity contribution in [3.8, 4) is 0 Å². The highest BCUT2D eigenvalue weighted by molar-refractivity contribution is 5.94. The molecule has 0 atom stereocenters. The number of fused-ring (bicyclic) bond motifs is 1. The second kappa shape index (κ2) is 8.71. The van der Waals surface area contributed by atoms with Crippen molar-refractivity contribution in [1.82, 2.24) is 19.9 Å². The molecular weight excluding hydrogens is 330 g/mol. The van der Waals surface area contributed by atoms with Crippen LogP contribution in [0.15, 0.2) is 24.7 Å². The molecule has 0 fully saturated rings. The Morgan fingerprint density at radius 2 is 2.12 bits per heavy atom. The lowest BCUT2D eigenvalue weighted by molar-refractivity contribution is 0.0762. The predicted octanol–water partition coefficient (Wildman–Crippen LogP) is 1.47. The molecule has 0 radical (unpaired) electrons. The van der Waals surface area contributed by atoms with Crippen LogP contribution in [0.5, 0.6) is 0 Å². The van der Waals surface area contributed by atoms with Gasteiger partial charge in [0.05, 0.1) is 12.3 Å². The van der Waals surface area contributed by atoms with Crippen LogP contribution in [-0.2, 0) is 19.3 Å². The summed E-state index contributed by atoms with van der Waals surface area (Å²) in [5.74, 6) is 0.794. The Kier molecular flexibility index (Phi) is 6.12. The SMILES string of the molecule is CCCc1cc(C(=O)N2CCc3ncnc(NCCO)c3CC2)ccn1. The third kappa shape index (κ3) is 4.16. The van der Waals surface area contributed by atoms with Gasteiger partial charge in [-0.05, 0) is 25.0 Å². The van der Waals surface area contributed by atoms with Crippen molar-refractivity contribution in [2.24, 2.45) is 0 Å². The van der Waals surface area contributed by atoms with Crippen molar-refractivity contribution in [1.29, 1.82) is 0 Å². The van der Waals surface area contributed by atoms with Gasteiger partial charge >= 0.3 is 0 Å². The lowest BCUT2D eigenvalue weighted by Crippen LogP contribution is -2.33. The first-order chi connectivity index (χ1) is 12.7. The second-order valence-electron chi connectivity index (χ2n) is 6.38. The van der Waals surface area contributed by atoms with Crippen LogP contribution < -0.4 is 5.32 Å². The highest BCUT2D eigenvalue weighted by Gasteiger charge is 2.22. The number of hydrogen-bond donors (Lipinski definition) is 2. The number of anilines is 1. The molecule has 1 aliphatic heterocycles. The van der Waals surface area contributed by atoms with Crippen LogP contribution in [0, 0.1) is 0 Å². The molecule has 3 rings (SSSR count). The molecule has 26 heavy (non-hydrogen) atoms. The molecule has 0 bridgehead atoms. The molecular formula is C19H25N5O2. The highest BCUT2D eigenvalue weighted by Crippen LogP contribution is 2.21. The standard InChI is InChI=1S/C19H25N5O2/c1-2-3-15-12-14(4-7-20-15)19(26)24-9-5-16-17(6-10-24)22-13-23-18(16)21-8-11-25/h4,7,12-13,25H,2-3,5-6,8-11H2,1H3,(H,21,22,23). The van der Waals surface area contributed by atoms with E-state index in [1.165, 1.54) is 6.33 Å². The molecule has 0 saturated carbocycles. The maximum atomic E-state index is 12.9. The van der Waals surface area contributed by atoms with Crippen molar-refractivity contribution in [2.75, 3.05) is 31.6 Å². The fraction of sp³-hybridized carbons (Fsp3) is 0.474. The fourth-order valence-corrected chi connectivity index (χ4v) is 3.24. The molecule has 0 aromatic carbocycles. The Bertz CT molecular complexity index is 765. The summed E-state index contributed by atoms with van der Waals surface area (Å²) in [5.41, 5.74) is 3.66. The number of aromatic nitrogens is 3. The van der Waals surface area contributed by atoms with Gasteiger partial charge in [0.15, 0.2) is 0 Å². The number of pyridine rings is 1. The van der Waals surface area contributed by atoms with Gasteiger partial charge in [0, 0.05) is 49.1 Å². The summed E-state index contributed by atoms with van der Waals surface area (Å²) in [6.45, 7) is 3.85. The molecule has 7 heteroatoms. The zero-order valence-electron chi connectivity index (χ0n) is 15.1. The third-order valence-corrected chi connectivity index (χ3v) is 4.55. The molecule has 0 unspecified atom stereocenters. The Hall–Kier alpha value is -2.54. The number of aliphatic hydroxyl groups excluding tert-OH is 1. The lowest BCUT2D eigenvalue weighted by atomic mass is 10.1. The Balaban J connectivity index is 1.74. The van der Waals surface area contributed by atoms with Crippen molar-refractivity contribution < 1.29 is 9.90 Å². The summed E-state index contributed by atoms with van der Waals surface area (Å²) in [6.07, 6.45) is 6.53. The smallest absolute Gasteiger partial charge is 0.253 e. The Labute approximate surface area is 153 Å². The minimum atomic E-state index is 0.0374. The number of rotatable bonds is 6. The lowest BCUT2D eigenvalue weighted by Gasteiger charge is -2.20. The average molecular weight is 355 g/mol. The first-order valence-corrected chi connectivity index (χ1v) is 9.14. The van der Waals surface area contributed by atoms with Crippen LogP contribution in [0.2, 0.25) is 0 Å². The molecule has 7 nitrogen and oxygen atoms in total. The van der Waals surface area contributed by atoms with E-state index in [-0.39, 0.29) is 12.5 Å². The summed E-state index contributed by atoms with van der Waals surface area (Å²) in [5, 5.41) is 12.2. The van der Waals surface area contributed by atoms with E-state index in [1.54, 1.807) is 12.3 Å². The third-order valence-electron chi connectivity index (χ3n) is 4.55. The molecule has 1 amide bonds. The maximum Gasteiger partial charge on any atom is 0.253 e. The zero-order valence-corrected chi connectivity index (χ0v) is 15.1. The van der Waals surface area contributed by atoms with E-state index in [9.17, 15) is 4.79 Å². The predicted molar refractivity (Wildman–Crippen MR) is 99.2 cm³/mol. The minimum Gasteiger partial charge on any atom is -0.395 e. The number of carbonyl (C=O) groups excluding carboxylic acids is 1. The number of nitrogens with zero attached hydrogens (tertiary/aromatic N) is 4.